The van der Waals surface area contributed by atoms with Crippen molar-refractivity contribution < 1.29 is 23.4 Å². The maximum atomic E-state index is 11.6. The molecule has 0 fully saturated rings. The average Bonchev–Trinajstić information content (AvgIpc) is 2.63. The zero-order valence-corrected chi connectivity index (χ0v) is 9.15. The lowest BCUT2D eigenvalue weighted by atomic mass is 10.4. The second kappa shape index (κ2) is 4.60. The van der Waals surface area contributed by atoms with Gasteiger partial charge in [0.2, 0.25) is 0 Å². The van der Waals surface area contributed by atoms with E-state index in [2.05, 4.69) is 10.2 Å². The lowest BCUT2D eigenvalue weighted by Crippen LogP contribution is -2.31. The molecule has 1 rings (SSSR count). The molecule has 1 heterocycles. The highest BCUT2D eigenvalue weighted by atomic mass is 32.2. The van der Waals surface area contributed by atoms with Gasteiger partial charge in [-0.2, -0.15) is 5.10 Å². The summed E-state index contributed by atoms with van der Waals surface area (Å²) in [6.45, 7) is 1.19. The molecule has 16 heavy (non-hydrogen) atoms. The minimum Gasteiger partial charge on any atom is -0.478 e. The number of sulfonamides is 1. The van der Waals surface area contributed by atoms with Gasteiger partial charge in [0.1, 0.15) is 5.56 Å². The highest BCUT2D eigenvalue weighted by Crippen LogP contribution is 2.11. The van der Waals surface area contributed by atoms with Gasteiger partial charge in [-0.3, -0.25) is 5.10 Å². The Kier molecular flexibility index (Phi) is 3.62. The van der Waals surface area contributed by atoms with Gasteiger partial charge in [-0.15, -0.1) is 0 Å². The Morgan fingerprint density at radius 1 is 1.69 bits per heavy atom. The van der Waals surface area contributed by atoms with Gasteiger partial charge < -0.3 is 10.2 Å². The van der Waals surface area contributed by atoms with Crippen LogP contribution in [0.3, 0.4) is 0 Å². The smallest absolute Gasteiger partial charge is 0.340 e. The molecule has 0 aromatic carbocycles. The molecule has 4 N–H and O–H groups in total. The van der Waals surface area contributed by atoms with E-state index >= 15 is 0 Å². The second-order valence-electron chi connectivity index (χ2n) is 3.12. The van der Waals surface area contributed by atoms with Gasteiger partial charge in [0, 0.05) is 6.54 Å². The van der Waals surface area contributed by atoms with Crippen molar-refractivity contribution in [1.29, 1.82) is 0 Å². The Labute approximate surface area is 91.3 Å². The Balaban J connectivity index is 2.99. The largest absolute Gasteiger partial charge is 0.478 e. The average molecular weight is 249 g/mol. The summed E-state index contributed by atoms with van der Waals surface area (Å²) in [6, 6.07) is 0. The Morgan fingerprint density at radius 2 is 2.31 bits per heavy atom. The van der Waals surface area contributed by atoms with E-state index in [0.717, 1.165) is 6.20 Å². The van der Waals surface area contributed by atoms with E-state index in [-0.39, 0.29) is 6.54 Å². The molecule has 1 atom stereocenters. The molecule has 0 amide bonds. The molecule has 1 aromatic heterocycles. The number of aliphatic hydroxyl groups is 1. The van der Waals surface area contributed by atoms with Crippen molar-refractivity contribution in [2.24, 2.45) is 0 Å². The number of aromatic amines is 1. The zero-order chi connectivity index (χ0) is 12.3. The molecule has 1 aromatic rings. The fourth-order valence-electron chi connectivity index (χ4n) is 0.934. The number of nitrogens with zero attached hydrogens (tertiary/aromatic N) is 1. The minimum atomic E-state index is -4.00. The van der Waals surface area contributed by atoms with Crippen molar-refractivity contribution in [3.63, 3.8) is 0 Å². The molecular formula is C7H11N3O5S. The van der Waals surface area contributed by atoms with Crippen LogP contribution in [0.1, 0.15) is 17.3 Å². The third-order valence-electron chi connectivity index (χ3n) is 1.67. The zero-order valence-electron chi connectivity index (χ0n) is 8.34. The van der Waals surface area contributed by atoms with Crippen LogP contribution in [-0.4, -0.2) is 47.4 Å². The van der Waals surface area contributed by atoms with Crippen molar-refractivity contribution in [3.8, 4) is 0 Å². The van der Waals surface area contributed by atoms with Gasteiger partial charge in [0.05, 0.1) is 12.3 Å². The van der Waals surface area contributed by atoms with Crippen molar-refractivity contribution >= 4 is 16.0 Å². The first-order valence-electron chi connectivity index (χ1n) is 4.29. The number of H-pyrrole nitrogens is 1. The number of aromatic nitrogens is 2. The molecule has 0 aliphatic rings. The SMILES string of the molecule is C[C@H](O)CNS(=O)(=O)c1[nH]ncc1C(=O)O. The Bertz CT molecular complexity index is 478. The Morgan fingerprint density at radius 3 is 2.81 bits per heavy atom. The van der Waals surface area contributed by atoms with Gasteiger partial charge >= 0.3 is 5.97 Å². The summed E-state index contributed by atoms with van der Waals surface area (Å²) in [7, 11) is -4.00. The third-order valence-corrected chi connectivity index (χ3v) is 3.07. The number of hydrogen-bond acceptors (Lipinski definition) is 5. The maximum Gasteiger partial charge on any atom is 0.340 e. The quantitative estimate of drug-likeness (QED) is 0.516. The molecule has 0 unspecified atom stereocenters. The van der Waals surface area contributed by atoms with Gasteiger partial charge in [-0.1, -0.05) is 0 Å². The molecule has 90 valence electrons. The van der Waals surface area contributed by atoms with Gasteiger partial charge in [0.15, 0.2) is 5.03 Å². The summed E-state index contributed by atoms with van der Waals surface area (Å²) >= 11 is 0. The van der Waals surface area contributed by atoms with Crippen LogP contribution in [0.25, 0.3) is 0 Å². The number of rotatable bonds is 5. The second-order valence-corrected chi connectivity index (χ2v) is 4.82. The summed E-state index contributed by atoms with van der Waals surface area (Å²) in [4.78, 5) is 10.7. The minimum absolute atomic E-state index is 0.208. The van der Waals surface area contributed by atoms with Crippen LogP contribution in [-0.2, 0) is 10.0 Å². The molecule has 8 nitrogen and oxygen atoms in total. The van der Waals surface area contributed by atoms with Crippen molar-refractivity contribution in [2.75, 3.05) is 6.54 Å². The summed E-state index contributed by atoms with van der Waals surface area (Å²) in [5.41, 5.74) is -0.446. The van der Waals surface area contributed by atoms with E-state index in [4.69, 9.17) is 10.2 Å². The first-order chi connectivity index (χ1) is 7.34. The number of carbonyl (C=O) groups is 1. The van der Waals surface area contributed by atoms with Crippen LogP contribution in [0.4, 0.5) is 0 Å². The summed E-state index contributed by atoms with van der Waals surface area (Å²) in [5, 5.41) is 22.5. The van der Waals surface area contributed by atoms with E-state index in [0.29, 0.717) is 0 Å². The lowest BCUT2D eigenvalue weighted by Gasteiger charge is -2.06. The highest BCUT2D eigenvalue weighted by Gasteiger charge is 2.24. The molecule has 9 heteroatoms. The van der Waals surface area contributed by atoms with Crippen LogP contribution in [0.5, 0.6) is 0 Å². The first kappa shape index (κ1) is 12.6. The maximum absolute atomic E-state index is 11.6. The first-order valence-corrected chi connectivity index (χ1v) is 5.77. The number of carboxylic acid groups (broad SMARTS) is 1. The number of carboxylic acids is 1. The molecule has 0 bridgehead atoms. The van der Waals surface area contributed by atoms with Gasteiger partial charge in [-0.25, -0.2) is 17.9 Å². The van der Waals surface area contributed by atoms with E-state index in [9.17, 15) is 13.2 Å². The van der Waals surface area contributed by atoms with Crippen LogP contribution >= 0.6 is 0 Å². The molecule has 0 aliphatic heterocycles. The molecule has 0 saturated heterocycles. The number of nitrogens with one attached hydrogen (secondary N) is 2. The van der Waals surface area contributed by atoms with Crippen LogP contribution in [0.15, 0.2) is 11.2 Å². The van der Waals surface area contributed by atoms with E-state index in [1.54, 1.807) is 0 Å². The van der Waals surface area contributed by atoms with Gasteiger partial charge in [0.25, 0.3) is 10.0 Å². The molecule has 0 radical (unpaired) electrons. The normalized spacial score (nSPS) is 13.6. The predicted octanol–water partition coefficient (Wildman–Crippen LogP) is -1.23. The standard InChI is InChI=1S/C7H11N3O5S/c1-4(11)2-9-16(14,15)6-5(7(12)13)3-8-10-6/h3-4,9,11H,2H2,1H3,(H,8,10)(H,12,13)/t4-/m0/s1. The Hall–Kier alpha value is -1.45. The monoisotopic (exact) mass is 249 g/mol. The van der Waals surface area contributed by atoms with Crippen LogP contribution < -0.4 is 4.72 Å². The number of hydrogen-bond donors (Lipinski definition) is 4. The summed E-state index contributed by atoms with van der Waals surface area (Å²) in [6.07, 6.45) is 0.0326. The third kappa shape index (κ3) is 2.78. The molecular weight excluding hydrogens is 238 g/mol. The van der Waals surface area contributed by atoms with Crippen molar-refractivity contribution in [2.45, 2.75) is 18.1 Å². The van der Waals surface area contributed by atoms with E-state index < -0.39 is 32.7 Å². The lowest BCUT2D eigenvalue weighted by molar-refractivity contribution is 0.0692. The van der Waals surface area contributed by atoms with Crippen LogP contribution in [0.2, 0.25) is 0 Å². The molecule has 0 saturated carbocycles. The molecule has 0 spiro atoms. The van der Waals surface area contributed by atoms with E-state index in [1.807, 2.05) is 4.72 Å². The summed E-state index contributed by atoms with van der Waals surface area (Å²) in [5.74, 6) is -1.40. The fourth-order valence-corrected chi connectivity index (χ4v) is 2.14. The topological polar surface area (TPSA) is 132 Å². The van der Waals surface area contributed by atoms with Gasteiger partial charge in [-0.05, 0) is 6.92 Å². The predicted molar refractivity (Wildman–Crippen MR) is 52.4 cm³/mol. The highest BCUT2D eigenvalue weighted by molar-refractivity contribution is 7.89. The number of aliphatic hydroxyl groups excluding tert-OH is 1. The van der Waals surface area contributed by atoms with Crippen LogP contribution in [0, 0.1) is 0 Å². The van der Waals surface area contributed by atoms with Crippen molar-refractivity contribution in [1.82, 2.24) is 14.9 Å². The fraction of sp³-hybridized carbons (Fsp3) is 0.429. The summed E-state index contributed by atoms with van der Waals surface area (Å²) < 4.78 is 25.2. The molecule has 0 aliphatic carbocycles. The number of aromatic carboxylic acids is 1. The van der Waals surface area contributed by atoms with Crippen molar-refractivity contribution in [3.05, 3.63) is 11.8 Å². The van der Waals surface area contributed by atoms with E-state index in [1.165, 1.54) is 6.92 Å².